The van der Waals surface area contributed by atoms with E-state index in [-0.39, 0.29) is 35.6 Å². The summed E-state index contributed by atoms with van der Waals surface area (Å²) in [7, 11) is 0. The zero-order chi connectivity index (χ0) is 27.0. The molecule has 0 radical (unpaired) electrons. The van der Waals surface area contributed by atoms with Crippen molar-refractivity contribution < 1.29 is 48.1 Å². The molecule has 202 valence electrons. The van der Waals surface area contributed by atoms with E-state index in [1.807, 2.05) is 0 Å². The average Bonchev–Trinajstić information content (AvgIpc) is 3.18. The van der Waals surface area contributed by atoms with Crippen molar-refractivity contribution in [3.63, 3.8) is 0 Å². The molecule has 0 atom stereocenters. The van der Waals surface area contributed by atoms with Crippen molar-refractivity contribution in [1.29, 1.82) is 0 Å². The summed E-state index contributed by atoms with van der Waals surface area (Å²) in [4.78, 5) is 0. The normalized spacial score (nSPS) is 11.7. The monoisotopic (exact) mass is 647 g/mol. The summed E-state index contributed by atoms with van der Waals surface area (Å²) in [5.74, 6) is 0. The minimum absolute atomic E-state index is 0. The molecule has 0 spiro atoms. The van der Waals surface area contributed by atoms with Gasteiger partial charge in [0.2, 0.25) is 0 Å². The summed E-state index contributed by atoms with van der Waals surface area (Å²) in [6.07, 6.45) is 1.03. The molecule has 0 aromatic heterocycles. The Hall–Kier alpha value is -1.44. The summed E-state index contributed by atoms with van der Waals surface area (Å²) in [5.41, 5.74) is 11.2. The molecule has 5 rings (SSSR count). The van der Waals surface area contributed by atoms with Gasteiger partial charge in [0.15, 0.2) is 0 Å². The van der Waals surface area contributed by atoms with Gasteiger partial charge in [-0.3, -0.25) is 0 Å². The molecule has 39 heavy (non-hydrogen) atoms. The fourth-order valence-electron chi connectivity index (χ4n) is 5.40. The maximum absolute atomic E-state index is 3.69. The Morgan fingerprint density at radius 2 is 1.13 bits per heavy atom. The van der Waals surface area contributed by atoms with Crippen LogP contribution in [0.25, 0.3) is 11.1 Å². The first kappa shape index (κ1) is 33.8. The van der Waals surface area contributed by atoms with Crippen LogP contribution in [0.2, 0.25) is 0 Å². The topological polar surface area (TPSA) is 0 Å². The summed E-state index contributed by atoms with van der Waals surface area (Å²) in [6.45, 7) is 18.2. The van der Waals surface area contributed by atoms with Crippen LogP contribution in [0.3, 0.4) is 0 Å². The van der Waals surface area contributed by atoms with Crippen LogP contribution in [0.4, 0.5) is 0 Å². The van der Waals surface area contributed by atoms with E-state index >= 15 is 0 Å². The third-order valence-corrected chi connectivity index (χ3v) is 13.3. The molecular formula is C35H39Cl2SiZr-. The molecule has 0 N–H and O–H groups in total. The van der Waals surface area contributed by atoms with E-state index in [0.29, 0.717) is 0 Å². The third-order valence-electron chi connectivity index (χ3n) is 7.20. The Morgan fingerprint density at radius 1 is 0.667 bits per heavy atom. The van der Waals surface area contributed by atoms with Gasteiger partial charge in [-0.1, -0.05) is 71.6 Å². The van der Waals surface area contributed by atoms with Crippen LogP contribution in [0, 0.1) is 19.9 Å². The molecular weight excluding hydrogens is 611 g/mol. The van der Waals surface area contributed by atoms with Crippen LogP contribution in [0.1, 0.15) is 74.9 Å². The van der Waals surface area contributed by atoms with E-state index in [9.17, 15) is 0 Å². The molecule has 0 unspecified atom stereocenters. The average molecular weight is 650 g/mol. The Balaban J connectivity index is 0.000000288. The number of aryl methyl sites for hydroxylation is 2. The third kappa shape index (κ3) is 7.85. The first-order valence-electron chi connectivity index (χ1n) is 13.3. The van der Waals surface area contributed by atoms with Crippen molar-refractivity contribution in [2.75, 3.05) is 0 Å². The number of fused-ring (bicyclic) bond motifs is 3. The van der Waals surface area contributed by atoms with E-state index in [0.717, 1.165) is 6.42 Å². The number of benzene rings is 4. The van der Waals surface area contributed by atoms with Gasteiger partial charge in [0.05, 0.1) is 0 Å². The molecule has 0 amide bonds. The van der Waals surface area contributed by atoms with Crippen molar-refractivity contribution in [3.8, 4) is 11.1 Å². The zero-order valence-corrected chi connectivity index (χ0v) is 29.4. The van der Waals surface area contributed by atoms with E-state index in [1.54, 1.807) is 23.3 Å². The molecule has 0 heterocycles. The number of hydrogen-bond donors (Lipinski definition) is 0. The summed E-state index contributed by atoms with van der Waals surface area (Å²) >= 11 is 1.64. The van der Waals surface area contributed by atoms with Crippen molar-refractivity contribution in [2.45, 2.75) is 72.6 Å². The number of halogens is 2. The molecule has 1 aliphatic rings. The zero-order valence-electron chi connectivity index (χ0n) is 24.5. The van der Waals surface area contributed by atoms with Crippen LogP contribution >= 0.6 is 0 Å². The molecule has 0 fully saturated rings. The van der Waals surface area contributed by atoms with Gasteiger partial charge in [0, 0.05) is 0 Å². The van der Waals surface area contributed by atoms with Crippen molar-refractivity contribution in [3.05, 3.63) is 118 Å². The van der Waals surface area contributed by atoms with Gasteiger partial charge in [0.1, 0.15) is 0 Å². The SMILES string of the molecule is Cc1[c-]c2c(cc1C(C)(C)C)-c1cc(C(C)(C)C)c(C)cc1C2.[Cl-].[Cl-].[Zr+2]=[Si](c1ccccc1)c1ccccc1. The van der Waals surface area contributed by atoms with Crippen molar-refractivity contribution in [1.82, 2.24) is 0 Å². The molecule has 0 saturated carbocycles. The van der Waals surface area contributed by atoms with Gasteiger partial charge in [0.25, 0.3) is 0 Å². The Kier molecular flexibility index (Phi) is 11.7. The first-order valence-corrected chi connectivity index (χ1v) is 18.4. The second-order valence-electron chi connectivity index (χ2n) is 12.3. The first-order chi connectivity index (χ1) is 17.4. The number of hydrogen-bond acceptors (Lipinski definition) is 0. The van der Waals surface area contributed by atoms with Gasteiger partial charge < -0.3 is 24.8 Å². The fourth-order valence-corrected chi connectivity index (χ4v) is 9.24. The van der Waals surface area contributed by atoms with E-state index < -0.39 is 5.43 Å². The van der Waals surface area contributed by atoms with Crippen LogP contribution in [-0.2, 0) is 40.6 Å². The van der Waals surface area contributed by atoms with Crippen molar-refractivity contribution >= 4 is 15.8 Å². The minimum atomic E-state index is -0.455. The van der Waals surface area contributed by atoms with Gasteiger partial charge in [-0.25, -0.2) is 0 Å². The van der Waals surface area contributed by atoms with Gasteiger partial charge >= 0.3 is 99.8 Å². The fraction of sp³-hybridized carbons (Fsp3) is 0.314. The van der Waals surface area contributed by atoms with Gasteiger partial charge in [-0.05, 0) is 35.4 Å². The molecule has 0 nitrogen and oxygen atoms in total. The Bertz CT molecular complexity index is 1320. The Labute approximate surface area is 264 Å². The van der Waals surface area contributed by atoms with E-state index in [2.05, 4.69) is 140 Å². The molecule has 4 aromatic rings. The standard InChI is InChI=1S/C23H29.C12H10Si.2ClH.Zr/c1-14-9-16-11-17-10-15(2)21(23(6,7)8)13-19(17)18(16)12-20(14)22(3,4)5;1-3-7-11(8-4-1)13-12-9-5-2-6-10-12;;;/h9,12-13H,11H2,1-8H3;1-10H;2*1H;/q-1;;;;+2/p-2. The van der Waals surface area contributed by atoms with Crippen LogP contribution in [0.5, 0.6) is 0 Å². The van der Waals surface area contributed by atoms with E-state index in [1.165, 1.54) is 54.9 Å². The quantitative estimate of drug-likeness (QED) is 0.202. The second-order valence-corrected chi connectivity index (χ2v) is 17.9. The molecule has 0 saturated heterocycles. The molecule has 1 aliphatic carbocycles. The van der Waals surface area contributed by atoms with Crippen LogP contribution in [-0.4, -0.2) is 5.43 Å². The van der Waals surface area contributed by atoms with Crippen LogP contribution < -0.4 is 35.2 Å². The van der Waals surface area contributed by atoms with Crippen molar-refractivity contribution in [2.24, 2.45) is 0 Å². The Morgan fingerprint density at radius 3 is 1.59 bits per heavy atom. The molecule has 4 aromatic carbocycles. The summed E-state index contributed by atoms with van der Waals surface area (Å²) in [6, 6.07) is 32.6. The maximum atomic E-state index is 3.69. The number of rotatable bonds is 2. The van der Waals surface area contributed by atoms with E-state index in [4.69, 9.17) is 0 Å². The predicted octanol–water partition coefficient (Wildman–Crippen LogP) is 1.62. The molecule has 0 bridgehead atoms. The second kappa shape index (κ2) is 13.5. The van der Waals surface area contributed by atoms with Gasteiger partial charge in [-0.15, -0.1) is 16.7 Å². The molecule has 0 aliphatic heterocycles. The molecule has 4 heteroatoms. The van der Waals surface area contributed by atoms with Crippen LogP contribution in [0.15, 0.2) is 78.9 Å². The summed E-state index contributed by atoms with van der Waals surface area (Å²) < 4.78 is 0. The van der Waals surface area contributed by atoms with Gasteiger partial charge in [-0.2, -0.15) is 17.7 Å². The summed E-state index contributed by atoms with van der Waals surface area (Å²) in [5, 5.41) is 3.03. The predicted molar refractivity (Wildman–Crippen MR) is 158 cm³/mol.